The molecule has 4 heteroatoms. The van der Waals surface area contributed by atoms with Crippen LogP contribution < -0.4 is 10.6 Å². The molecular formula is C15H30N4. The zero-order valence-corrected chi connectivity index (χ0v) is 12.8. The highest BCUT2D eigenvalue weighted by Gasteiger charge is 2.33. The van der Waals surface area contributed by atoms with E-state index in [0.29, 0.717) is 6.04 Å². The molecule has 110 valence electrons. The Labute approximate surface area is 118 Å². The van der Waals surface area contributed by atoms with E-state index in [-0.39, 0.29) is 0 Å². The Kier molecular flexibility index (Phi) is 5.49. The van der Waals surface area contributed by atoms with Gasteiger partial charge in [-0.15, -0.1) is 0 Å². The lowest BCUT2D eigenvalue weighted by atomic mass is 10.3. The summed E-state index contributed by atoms with van der Waals surface area (Å²) in [5.74, 6) is 1.94. The van der Waals surface area contributed by atoms with E-state index in [2.05, 4.69) is 34.4 Å². The van der Waals surface area contributed by atoms with Crippen molar-refractivity contribution >= 4 is 5.96 Å². The average molecular weight is 266 g/mol. The van der Waals surface area contributed by atoms with Gasteiger partial charge in [0, 0.05) is 38.8 Å². The van der Waals surface area contributed by atoms with Crippen LogP contribution in [0.15, 0.2) is 4.99 Å². The fourth-order valence-electron chi connectivity index (χ4n) is 2.34. The third-order valence-electron chi connectivity index (χ3n) is 4.16. The minimum atomic E-state index is 0.484. The van der Waals surface area contributed by atoms with Crippen LogP contribution in [-0.4, -0.2) is 49.6 Å². The van der Waals surface area contributed by atoms with Crippen LogP contribution in [0, 0.1) is 5.92 Å². The Bertz CT molecular complexity index is 295. The maximum atomic E-state index is 4.28. The molecular weight excluding hydrogens is 236 g/mol. The maximum Gasteiger partial charge on any atom is 0.191 e. The van der Waals surface area contributed by atoms with Gasteiger partial charge in [0.05, 0.1) is 0 Å². The van der Waals surface area contributed by atoms with Crippen molar-refractivity contribution in [3.8, 4) is 0 Å². The van der Waals surface area contributed by atoms with Gasteiger partial charge in [-0.1, -0.05) is 6.92 Å². The van der Waals surface area contributed by atoms with Gasteiger partial charge in [0.15, 0.2) is 5.96 Å². The van der Waals surface area contributed by atoms with Gasteiger partial charge < -0.3 is 10.6 Å². The van der Waals surface area contributed by atoms with Gasteiger partial charge >= 0.3 is 0 Å². The van der Waals surface area contributed by atoms with Crippen molar-refractivity contribution in [2.24, 2.45) is 10.9 Å². The summed E-state index contributed by atoms with van der Waals surface area (Å²) in [6.07, 6.45) is 6.84. The number of guanidine groups is 1. The zero-order chi connectivity index (χ0) is 13.7. The summed E-state index contributed by atoms with van der Waals surface area (Å²) in [7, 11) is 1.85. The van der Waals surface area contributed by atoms with Gasteiger partial charge in [0.25, 0.3) is 0 Å². The Hall–Kier alpha value is -0.770. The molecule has 2 N–H and O–H groups in total. The van der Waals surface area contributed by atoms with Gasteiger partial charge in [0.1, 0.15) is 0 Å². The summed E-state index contributed by atoms with van der Waals surface area (Å²) in [4.78, 5) is 6.96. The zero-order valence-electron chi connectivity index (χ0n) is 12.8. The van der Waals surface area contributed by atoms with Gasteiger partial charge in [-0.2, -0.15) is 0 Å². The van der Waals surface area contributed by atoms with Crippen LogP contribution in [0.4, 0.5) is 0 Å². The number of aliphatic imine (C=N–C) groups is 1. The van der Waals surface area contributed by atoms with Crippen LogP contribution in [0.1, 0.15) is 46.0 Å². The molecule has 0 heterocycles. The molecule has 0 spiro atoms. The smallest absolute Gasteiger partial charge is 0.191 e. The lowest BCUT2D eigenvalue weighted by Crippen LogP contribution is -2.45. The second-order valence-corrected chi connectivity index (χ2v) is 6.12. The first-order chi connectivity index (χ1) is 9.22. The van der Waals surface area contributed by atoms with Gasteiger partial charge in [-0.05, 0) is 44.9 Å². The topological polar surface area (TPSA) is 39.7 Å². The maximum absolute atomic E-state index is 4.28. The van der Waals surface area contributed by atoms with Crippen LogP contribution in [0.3, 0.4) is 0 Å². The quantitative estimate of drug-likeness (QED) is 0.520. The Morgan fingerprint density at radius 2 is 2.05 bits per heavy atom. The van der Waals surface area contributed by atoms with Gasteiger partial charge in [-0.25, -0.2) is 0 Å². The standard InChI is InChI=1S/C15H30N4/c1-4-12(2)18-15(16-3)17-9-10-19(14-7-8-14)11-13-5-6-13/h12-14H,4-11H2,1-3H3,(H2,16,17,18). The highest BCUT2D eigenvalue weighted by atomic mass is 15.2. The van der Waals surface area contributed by atoms with E-state index in [1.54, 1.807) is 0 Å². The molecule has 2 aliphatic rings. The average Bonchev–Trinajstić information content (AvgIpc) is 3.28. The number of hydrogen-bond acceptors (Lipinski definition) is 2. The van der Waals surface area contributed by atoms with Crippen LogP contribution >= 0.6 is 0 Å². The molecule has 1 unspecified atom stereocenters. The molecule has 1 atom stereocenters. The monoisotopic (exact) mass is 266 g/mol. The van der Waals surface area contributed by atoms with E-state index in [0.717, 1.165) is 37.4 Å². The van der Waals surface area contributed by atoms with E-state index in [1.807, 2.05) is 7.05 Å². The van der Waals surface area contributed by atoms with Gasteiger partial charge in [-0.3, -0.25) is 9.89 Å². The van der Waals surface area contributed by atoms with E-state index < -0.39 is 0 Å². The first-order valence-corrected chi connectivity index (χ1v) is 7.94. The number of hydrogen-bond donors (Lipinski definition) is 2. The minimum absolute atomic E-state index is 0.484. The lowest BCUT2D eigenvalue weighted by molar-refractivity contribution is 0.256. The Morgan fingerprint density at radius 3 is 2.58 bits per heavy atom. The number of rotatable bonds is 8. The molecule has 0 amide bonds. The Morgan fingerprint density at radius 1 is 1.32 bits per heavy atom. The van der Waals surface area contributed by atoms with E-state index in [9.17, 15) is 0 Å². The van der Waals surface area contributed by atoms with Crippen molar-refractivity contribution in [2.75, 3.05) is 26.7 Å². The predicted octanol–water partition coefficient (Wildman–Crippen LogP) is 1.82. The second kappa shape index (κ2) is 7.13. The minimum Gasteiger partial charge on any atom is -0.355 e. The largest absolute Gasteiger partial charge is 0.355 e. The molecule has 19 heavy (non-hydrogen) atoms. The summed E-state index contributed by atoms with van der Waals surface area (Å²) < 4.78 is 0. The highest BCUT2D eigenvalue weighted by Crippen LogP contribution is 2.34. The molecule has 2 rings (SSSR count). The van der Waals surface area contributed by atoms with Crippen molar-refractivity contribution in [3.05, 3.63) is 0 Å². The molecule has 0 aromatic heterocycles. The van der Waals surface area contributed by atoms with Crippen LogP contribution in [0.25, 0.3) is 0 Å². The van der Waals surface area contributed by atoms with E-state index in [1.165, 1.54) is 32.2 Å². The van der Waals surface area contributed by atoms with Crippen LogP contribution in [-0.2, 0) is 0 Å². The summed E-state index contributed by atoms with van der Waals surface area (Å²) in [6, 6.07) is 1.36. The summed E-state index contributed by atoms with van der Waals surface area (Å²) in [5, 5.41) is 6.85. The summed E-state index contributed by atoms with van der Waals surface area (Å²) in [5.41, 5.74) is 0. The highest BCUT2D eigenvalue weighted by molar-refractivity contribution is 5.79. The molecule has 0 aromatic carbocycles. The second-order valence-electron chi connectivity index (χ2n) is 6.12. The van der Waals surface area contributed by atoms with Crippen molar-refractivity contribution < 1.29 is 0 Å². The van der Waals surface area contributed by atoms with Crippen molar-refractivity contribution in [2.45, 2.75) is 58.0 Å². The molecule has 2 aliphatic carbocycles. The first-order valence-electron chi connectivity index (χ1n) is 7.94. The molecule has 0 radical (unpaired) electrons. The predicted molar refractivity (Wildman–Crippen MR) is 81.6 cm³/mol. The van der Waals surface area contributed by atoms with E-state index >= 15 is 0 Å². The fourth-order valence-corrected chi connectivity index (χ4v) is 2.34. The molecule has 0 saturated heterocycles. The molecule has 0 aromatic rings. The number of nitrogens with one attached hydrogen (secondary N) is 2. The fraction of sp³-hybridized carbons (Fsp3) is 0.933. The number of nitrogens with zero attached hydrogens (tertiary/aromatic N) is 2. The van der Waals surface area contributed by atoms with E-state index in [4.69, 9.17) is 0 Å². The van der Waals surface area contributed by atoms with Crippen molar-refractivity contribution in [1.82, 2.24) is 15.5 Å². The van der Waals surface area contributed by atoms with Crippen molar-refractivity contribution in [1.29, 1.82) is 0 Å². The lowest BCUT2D eigenvalue weighted by Gasteiger charge is -2.23. The van der Waals surface area contributed by atoms with Crippen molar-refractivity contribution in [3.63, 3.8) is 0 Å². The molecule has 0 aliphatic heterocycles. The third-order valence-corrected chi connectivity index (χ3v) is 4.16. The van der Waals surface area contributed by atoms with Crippen LogP contribution in [0.5, 0.6) is 0 Å². The molecule has 2 fully saturated rings. The molecule has 4 nitrogen and oxygen atoms in total. The SMILES string of the molecule is CCC(C)NC(=NC)NCCN(CC1CC1)C1CC1. The molecule has 0 bridgehead atoms. The summed E-state index contributed by atoms with van der Waals surface area (Å²) >= 11 is 0. The Balaban J connectivity index is 1.65. The third kappa shape index (κ3) is 5.39. The van der Waals surface area contributed by atoms with Crippen LogP contribution in [0.2, 0.25) is 0 Å². The first kappa shape index (κ1) is 14.6. The normalized spacial score (nSPS) is 21.6. The molecule has 2 saturated carbocycles. The summed E-state index contributed by atoms with van der Waals surface area (Å²) in [6.45, 7) is 7.86. The van der Waals surface area contributed by atoms with Gasteiger partial charge in [0.2, 0.25) is 0 Å².